The second-order valence-corrected chi connectivity index (χ2v) is 4.80. The third-order valence-electron chi connectivity index (χ3n) is 1.83. The lowest BCUT2D eigenvalue weighted by molar-refractivity contribution is 0.246. The number of benzene rings is 1. The number of nitrogens with two attached hydrogens (primary N) is 1. The number of amides is 2. The van der Waals surface area contributed by atoms with Gasteiger partial charge in [0.1, 0.15) is 10.7 Å². The fraction of sp³-hybridized carbons (Fsp3) is 0.222. The van der Waals surface area contributed by atoms with Crippen LogP contribution in [0.15, 0.2) is 23.1 Å². The van der Waals surface area contributed by atoms with Crippen LogP contribution in [0.3, 0.4) is 0 Å². The van der Waals surface area contributed by atoms with Crippen LogP contribution in [-0.4, -0.2) is 21.0 Å². The fourth-order valence-corrected chi connectivity index (χ4v) is 2.19. The number of rotatable bonds is 3. The molecule has 2 amide bonds. The van der Waals surface area contributed by atoms with Gasteiger partial charge in [-0.3, -0.25) is 0 Å². The van der Waals surface area contributed by atoms with Gasteiger partial charge in [-0.25, -0.2) is 22.3 Å². The van der Waals surface area contributed by atoms with Crippen LogP contribution in [0.25, 0.3) is 0 Å². The number of hydrogen-bond acceptors (Lipinski definition) is 4. The highest BCUT2D eigenvalue weighted by Gasteiger charge is 2.20. The number of anilines is 1. The second-order valence-electron chi connectivity index (χ2n) is 3.15. The summed E-state index contributed by atoms with van der Waals surface area (Å²) in [5, 5.41) is 2.24. The molecule has 0 aromatic heterocycles. The van der Waals surface area contributed by atoms with E-state index in [1.54, 1.807) is 11.6 Å². The van der Waals surface area contributed by atoms with Crippen molar-refractivity contribution in [3.8, 4) is 0 Å². The van der Waals surface area contributed by atoms with Crippen molar-refractivity contribution in [2.45, 2.75) is 11.8 Å². The van der Waals surface area contributed by atoms with E-state index in [0.717, 1.165) is 18.2 Å². The highest BCUT2D eigenvalue weighted by Crippen LogP contribution is 2.18. The first-order valence-corrected chi connectivity index (χ1v) is 6.21. The molecule has 0 saturated carbocycles. The molecule has 0 radical (unpaired) electrons. The van der Waals surface area contributed by atoms with Gasteiger partial charge in [0.25, 0.3) is 10.0 Å². The van der Waals surface area contributed by atoms with E-state index in [2.05, 4.69) is 5.32 Å². The van der Waals surface area contributed by atoms with Crippen LogP contribution >= 0.6 is 0 Å². The minimum absolute atomic E-state index is 0.136. The van der Waals surface area contributed by atoms with Crippen molar-refractivity contribution < 1.29 is 17.6 Å². The van der Waals surface area contributed by atoms with Crippen molar-refractivity contribution >= 4 is 21.7 Å². The number of urea groups is 1. The molecule has 1 rings (SSSR count). The molecular formula is C9H12FN3O3S. The zero-order valence-corrected chi connectivity index (χ0v) is 9.84. The maximum absolute atomic E-state index is 12.9. The molecule has 0 bridgehead atoms. The van der Waals surface area contributed by atoms with Gasteiger partial charge >= 0.3 is 6.03 Å². The van der Waals surface area contributed by atoms with Crippen LogP contribution < -0.4 is 15.8 Å². The monoisotopic (exact) mass is 261 g/mol. The molecule has 0 unspecified atom stereocenters. The predicted octanol–water partition coefficient (Wildman–Crippen LogP) is 0.416. The Kier molecular flexibility index (Phi) is 3.89. The number of carbonyl (C=O) groups excluding carboxylic acids is 1. The number of hydrogen-bond donors (Lipinski definition) is 3. The summed E-state index contributed by atoms with van der Waals surface area (Å²) in [5.74, 6) is -0.754. The van der Waals surface area contributed by atoms with Gasteiger partial charge in [0, 0.05) is 6.54 Å². The molecule has 1 aromatic carbocycles. The Bertz CT molecular complexity index is 530. The molecule has 0 aliphatic rings. The number of nitrogen functional groups attached to an aromatic ring is 1. The van der Waals surface area contributed by atoms with Crippen LogP contribution in [0, 0.1) is 5.82 Å². The molecule has 0 saturated heterocycles. The lowest BCUT2D eigenvalue weighted by atomic mass is 10.3. The molecule has 0 heterocycles. The van der Waals surface area contributed by atoms with E-state index in [-0.39, 0.29) is 12.2 Å². The molecule has 0 spiro atoms. The third-order valence-corrected chi connectivity index (χ3v) is 3.22. The van der Waals surface area contributed by atoms with Crippen LogP contribution in [-0.2, 0) is 10.0 Å². The zero-order chi connectivity index (χ0) is 13.1. The third kappa shape index (κ3) is 3.31. The summed E-state index contributed by atoms with van der Waals surface area (Å²) in [6.07, 6.45) is 0. The van der Waals surface area contributed by atoms with E-state index < -0.39 is 26.8 Å². The summed E-state index contributed by atoms with van der Waals surface area (Å²) in [5.41, 5.74) is 5.27. The van der Waals surface area contributed by atoms with Gasteiger partial charge in [0.15, 0.2) is 0 Å². The summed E-state index contributed by atoms with van der Waals surface area (Å²) >= 11 is 0. The Hall–Kier alpha value is -1.83. The smallest absolute Gasteiger partial charge is 0.328 e. The van der Waals surface area contributed by atoms with Crippen molar-refractivity contribution in [1.82, 2.24) is 10.0 Å². The molecule has 1 aromatic rings. The Labute approximate surface area is 98.1 Å². The Morgan fingerprint density at radius 2 is 2.12 bits per heavy atom. The average molecular weight is 261 g/mol. The first-order valence-electron chi connectivity index (χ1n) is 4.72. The first kappa shape index (κ1) is 13.2. The number of nitrogens with one attached hydrogen (secondary N) is 2. The normalized spacial score (nSPS) is 10.9. The highest BCUT2D eigenvalue weighted by molar-refractivity contribution is 7.90. The highest BCUT2D eigenvalue weighted by atomic mass is 32.2. The summed E-state index contributed by atoms with van der Waals surface area (Å²) < 4.78 is 38.0. The maximum Gasteiger partial charge on any atom is 0.328 e. The van der Waals surface area contributed by atoms with Gasteiger partial charge in [0.05, 0.1) is 5.69 Å². The Balaban J connectivity index is 3.05. The van der Waals surface area contributed by atoms with Crippen LogP contribution in [0.4, 0.5) is 14.9 Å². The molecule has 8 heteroatoms. The largest absolute Gasteiger partial charge is 0.398 e. The molecule has 0 aliphatic heterocycles. The Morgan fingerprint density at radius 3 is 2.71 bits per heavy atom. The lowest BCUT2D eigenvalue weighted by Gasteiger charge is -2.09. The second kappa shape index (κ2) is 5.00. The topological polar surface area (TPSA) is 101 Å². The molecule has 0 atom stereocenters. The van der Waals surface area contributed by atoms with E-state index in [4.69, 9.17) is 5.73 Å². The van der Waals surface area contributed by atoms with E-state index >= 15 is 0 Å². The maximum atomic E-state index is 12.9. The molecule has 0 fully saturated rings. The molecule has 17 heavy (non-hydrogen) atoms. The van der Waals surface area contributed by atoms with Gasteiger partial charge in [-0.05, 0) is 25.1 Å². The molecule has 6 nitrogen and oxygen atoms in total. The summed E-state index contributed by atoms with van der Waals surface area (Å²) in [7, 11) is -4.16. The minimum atomic E-state index is -4.16. The van der Waals surface area contributed by atoms with Crippen LogP contribution in [0.5, 0.6) is 0 Å². The summed E-state index contributed by atoms with van der Waals surface area (Å²) in [6.45, 7) is 1.89. The SMILES string of the molecule is CCNC(=O)NS(=O)(=O)c1cc(F)ccc1N. The van der Waals surface area contributed by atoms with Gasteiger partial charge in [-0.2, -0.15) is 0 Å². The first-order chi connectivity index (χ1) is 7.86. The van der Waals surface area contributed by atoms with Crippen molar-refractivity contribution in [3.63, 3.8) is 0 Å². The lowest BCUT2D eigenvalue weighted by Crippen LogP contribution is -2.39. The van der Waals surface area contributed by atoms with Crippen LogP contribution in [0.2, 0.25) is 0 Å². The van der Waals surface area contributed by atoms with Gasteiger partial charge in [-0.1, -0.05) is 0 Å². The van der Waals surface area contributed by atoms with Crippen molar-refractivity contribution in [1.29, 1.82) is 0 Å². The van der Waals surface area contributed by atoms with E-state index in [0.29, 0.717) is 0 Å². The molecule has 4 N–H and O–H groups in total. The van der Waals surface area contributed by atoms with Crippen molar-refractivity contribution in [3.05, 3.63) is 24.0 Å². The van der Waals surface area contributed by atoms with E-state index in [1.165, 1.54) is 0 Å². The Morgan fingerprint density at radius 1 is 1.47 bits per heavy atom. The number of sulfonamides is 1. The average Bonchev–Trinajstić information content (AvgIpc) is 2.21. The fourth-order valence-electron chi connectivity index (χ4n) is 1.11. The van der Waals surface area contributed by atoms with Gasteiger partial charge < -0.3 is 11.1 Å². The van der Waals surface area contributed by atoms with Crippen molar-refractivity contribution in [2.75, 3.05) is 12.3 Å². The number of halogens is 1. The summed E-state index contributed by atoms with van der Waals surface area (Å²) in [6, 6.07) is 2.00. The summed E-state index contributed by atoms with van der Waals surface area (Å²) in [4.78, 5) is 10.6. The number of carbonyl (C=O) groups is 1. The minimum Gasteiger partial charge on any atom is -0.398 e. The molecular weight excluding hydrogens is 249 g/mol. The quantitative estimate of drug-likeness (QED) is 0.686. The van der Waals surface area contributed by atoms with Crippen LogP contribution in [0.1, 0.15) is 6.92 Å². The molecule has 0 aliphatic carbocycles. The van der Waals surface area contributed by atoms with Gasteiger partial charge in [-0.15, -0.1) is 0 Å². The zero-order valence-electron chi connectivity index (χ0n) is 9.03. The van der Waals surface area contributed by atoms with Crippen molar-refractivity contribution in [2.24, 2.45) is 0 Å². The van der Waals surface area contributed by atoms with E-state index in [1.807, 2.05) is 0 Å². The predicted molar refractivity (Wildman–Crippen MR) is 60.2 cm³/mol. The van der Waals surface area contributed by atoms with E-state index in [9.17, 15) is 17.6 Å². The van der Waals surface area contributed by atoms with Gasteiger partial charge in [0.2, 0.25) is 0 Å². The molecule has 94 valence electrons. The standard InChI is InChI=1S/C9H12FN3O3S/c1-2-12-9(14)13-17(15,16)8-5-6(10)3-4-7(8)11/h3-5H,2,11H2,1H3,(H2,12,13,14).